The Labute approximate surface area is 101 Å². The first-order valence-corrected chi connectivity index (χ1v) is 5.68. The molecule has 0 saturated carbocycles. The molecule has 17 heavy (non-hydrogen) atoms. The molecule has 0 aromatic heterocycles. The maximum atomic E-state index is 13.4. The average Bonchev–Trinajstić information content (AvgIpc) is 2.33. The van der Waals surface area contributed by atoms with Crippen molar-refractivity contribution >= 4 is 0 Å². The molecular formula is C15H16FN. The zero-order valence-electron chi connectivity index (χ0n) is 10.1. The zero-order chi connectivity index (χ0) is 12.4. The van der Waals surface area contributed by atoms with Gasteiger partial charge in [-0.2, -0.15) is 0 Å². The Hall–Kier alpha value is -1.67. The summed E-state index contributed by atoms with van der Waals surface area (Å²) in [5.74, 6) is -0.235. The molecular weight excluding hydrogens is 213 g/mol. The van der Waals surface area contributed by atoms with E-state index in [9.17, 15) is 4.39 Å². The molecule has 0 saturated heterocycles. The van der Waals surface area contributed by atoms with Crippen molar-refractivity contribution in [3.05, 3.63) is 58.9 Å². The fourth-order valence-electron chi connectivity index (χ4n) is 1.95. The molecule has 0 aliphatic heterocycles. The van der Waals surface area contributed by atoms with Crippen molar-refractivity contribution in [1.82, 2.24) is 0 Å². The van der Waals surface area contributed by atoms with Gasteiger partial charge in [-0.05, 0) is 42.7 Å². The first-order valence-electron chi connectivity index (χ1n) is 5.68. The second-order valence-electron chi connectivity index (χ2n) is 4.33. The van der Waals surface area contributed by atoms with Gasteiger partial charge in [0.15, 0.2) is 0 Å². The molecule has 88 valence electrons. The van der Waals surface area contributed by atoms with Crippen molar-refractivity contribution in [3.8, 4) is 11.1 Å². The van der Waals surface area contributed by atoms with Crippen LogP contribution in [0.15, 0.2) is 36.4 Å². The van der Waals surface area contributed by atoms with Gasteiger partial charge < -0.3 is 5.73 Å². The largest absolute Gasteiger partial charge is 0.326 e. The predicted molar refractivity (Wildman–Crippen MR) is 69.2 cm³/mol. The summed E-state index contributed by atoms with van der Waals surface area (Å²) < 4.78 is 13.4. The second-order valence-corrected chi connectivity index (χ2v) is 4.33. The third-order valence-electron chi connectivity index (χ3n) is 2.97. The van der Waals surface area contributed by atoms with Crippen LogP contribution in [-0.4, -0.2) is 0 Å². The van der Waals surface area contributed by atoms with E-state index >= 15 is 0 Å². The maximum Gasteiger partial charge on any atom is 0.127 e. The van der Waals surface area contributed by atoms with Crippen LogP contribution in [0, 0.1) is 19.7 Å². The number of benzene rings is 2. The minimum atomic E-state index is -0.235. The lowest BCUT2D eigenvalue weighted by Gasteiger charge is -2.09. The minimum absolute atomic E-state index is 0.227. The molecule has 1 nitrogen and oxygen atoms in total. The summed E-state index contributed by atoms with van der Waals surface area (Å²) >= 11 is 0. The van der Waals surface area contributed by atoms with E-state index < -0.39 is 0 Å². The molecule has 0 atom stereocenters. The molecule has 0 fully saturated rings. The number of halogens is 1. The first kappa shape index (κ1) is 11.8. The van der Waals surface area contributed by atoms with Crippen molar-refractivity contribution in [2.24, 2.45) is 5.73 Å². The predicted octanol–water partition coefficient (Wildman–Crippen LogP) is 3.57. The summed E-state index contributed by atoms with van der Waals surface area (Å²) in [5.41, 5.74) is 10.6. The van der Waals surface area contributed by atoms with Crippen LogP contribution in [-0.2, 0) is 6.54 Å². The van der Waals surface area contributed by atoms with Crippen LogP contribution in [0.3, 0.4) is 0 Å². The highest BCUT2D eigenvalue weighted by Crippen LogP contribution is 2.26. The van der Waals surface area contributed by atoms with Crippen LogP contribution in [0.1, 0.15) is 16.7 Å². The molecule has 0 bridgehead atoms. The lowest BCUT2D eigenvalue weighted by Crippen LogP contribution is -2.00. The van der Waals surface area contributed by atoms with Crippen LogP contribution in [0.25, 0.3) is 11.1 Å². The van der Waals surface area contributed by atoms with Gasteiger partial charge in [0.2, 0.25) is 0 Å². The SMILES string of the molecule is Cc1ccc(C)c(-c2ccc(F)c(CN)c2)c1. The zero-order valence-corrected chi connectivity index (χ0v) is 10.1. The number of hydrogen-bond acceptors (Lipinski definition) is 1. The van der Waals surface area contributed by atoms with Gasteiger partial charge in [-0.1, -0.05) is 29.8 Å². The Bertz CT molecular complexity index is 547. The van der Waals surface area contributed by atoms with Crippen LogP contribution >= 0.6 is 0 Å². The van der Waals surface area contributed by atoms with E-state index in [2.05, 4.69) is 32.0 Å². The van der Waals surface area contributed by atoms with Gasteiger partial charge in [0.1, 0.15) is 5.82 Å². The van der Waals surface area contributed by atoms with Gasteiger partial charge in [0, 0.05) is 12.1 Å². The van der Waals surface area contributed by atoms with Gasteiger partial charge >= 0.3 is 0 Å². The van der Waals surface area contributed by atoms with E-state index in [0.717, 1.165) is 11.1 Å². The number of hydrogen-bond donors (Lipinski definition) is 1. The highest BCUT2D eigenvalue weighted by molar-refractivity contribution is 5.68. The molecule has 0 unspecified atom stereocenters. The fraction of sp³-hybridized carbons (Fsp3) is 0.200. The Morgan fingerprint density at radius 3 is 2.53 bits per heavy atom. The van der Waals surface area contributed by atoms with Gasteiger partial charge in [0.25, 0.3) is 0 Å². The topological polar surface area (TPSA) is 26.0 Å². The smallest absolute Gasteiger partial charge is 0.127 e. The Morgan fingerprint density at radius 1 is 1.06 bits per heavy atom. The molecule has 0 aliphatic carbocycles. The molecule has 2 N–H and O–H groups in total. The lowest BCUT2D eigenvalue weighted by atomic mass is 9.97. The highest BCUT2D eigenvalue weighted by Gasteiger charge is 2.06. The molecule has 2 aromatic carbocycles. The normalized spacial score (nSPS) is 10.6. The van der Waals surface area contributed by atoms with Crippen molar-refractivity contribution < 1.29 is 4.39 Å². The molecule has 2 aromatic rings. The van der Waals surface area contributed by atoms with Gasteiger partial charge in [0.05, 0.1) is 0 Å². The van der Waals surface area contributed by atoms with Crippen molar-refractivity contribution in [2.45, 2.75) is 20.4 Å². The number of nitrogens with two attached hydrogens (primary N) is 1. The Kier molecular flexibility index (Phi) is 3.25. The molecule has 2 heteroatoms. The summed E-state index contributed by atoms with van der Waals surface area (Å²) in [6.07, 6.45) is 0. The first-order chi connectivity index (χ1) is 8.11. The minimum Gasteiger partial charge on any atom is -0.326 e. The number of aryl methyl sites for hydroxylation is 2. The lowest BCUT2D eigenvalue weighted by molar-refractivity contribution is 0.611. The number of rotatable bonds is 2. The quantitative estimate of drug-likeness (QED) is 0.837. The Balaban J connectivity index is 2.56. The van der Waals surface area contributed by atoms with Crippen molar-refractivity contribution in [1.29, 1.82) is 0 Å². The van der Waals surface area contributed by atoms with E-state index in [4.69, 9.17) is 5.73 Å². The second kappa shape index (κ2) is 4.68. The standard InChI is InChI=1S/C15H16FN/c1-10-3-4-11(2)14(7-10)12-5-6-15(16)13(8-12)9-17/h3-8H,9,17H2,1-2H3. The molecule has 2 rings (SSSR count). The average molecular weight is 229 g/mol. The Morgan fingerprint density at radius 2 is 1.82 bits per heavy atom. The van der Waals surface area contributed by atoms with Gasteiger partial charge in [-0.3, -0.25) is 0 Å². The van der Waals surface area contributed by atoms with E-state index in [1.165, 1.54) is 17.2 Å². The molecule has 0 heterocycles. The van der Waals surface area contributed by atoms with E-state index in [1.54, 1.807) is 6.07 Å². The van der Waals surface area contributed by atoms with Crippen LogP contribution in [0.4, 0.5) is 4.39 Å². The van der Waals surface area contributed by atoms with Gasteiger partial charge in [-0.15, -0.1) is 0 Å². The van der Waals surface area contributed by atoms with Crippen LogP contribution in [0.2, 0.25) is 0 Å². The summed E-state index contributed by atoms with van der Waals surface area (Å²) in [6, 6.07) is 11.4. The van der Waals surface area contributed by atoms with Crippen LogP contribution < -0.4 is 5.73 Å². The summed E-state index contributed by atoms with van der Waals surface area (Å²) in [4.78, 5) is 0. The highest BCUT2D eigenvalue weighted by atomic mass is 19.1. The molecule has 0 spiro atoms. The monoisotopic (exact) mass is 229 g/mol. The maximum absolute atomic E-state index is 13.4. The van der Waals surface area contributed by atoms with Gasteiger partial charge in [-0.25, -0.2) is 4.39 Å². The van der Waals surface area contributed by atoms with Crippen molar-refractivity contribution in [2.75, 3.05) is 0 Å². The third kappa shape index (κ3) is 2.37. The molecule has 0 amide bonds. The summed E-state index contributed by atoms with van der Waals surface area (Å²) in [6.45, 7) is 4.33. The van der Waals surface area contributed by atoms with Crippen LogP contribution in [0.5, 0.6) is 0 Å². The van der Waals surface area contributed by atoms with E-state index in [0.29, 0.717) is 5.56 Å². The van der Waals surface area contributed by atoms with E-state index in [-0.39, 0.29) is 12.4 Å². The van der Waals surface area contributed by atoms with Crippen molar-refractivity contribution in [3.63, 3.8) is 0 Å². The van der Waals surface area contributed by atoms with E-state index in [1.807, 2.05) is 6.07 Å². The fourth-order valence-corrected chi connectivity index (χ4v) is 1.95. The third-order valence-corrected chi connectivity index (χ3v) is 2.97. The molecule has 0 radical (unpaired) electrons. The summed E-state index contributed by atoms with van der Waals surface area (Å²) in [7, 11) is 0. The molecule has 0 aliphatic rings. The summed E-state index contributed by atoms with van der Waals surface area (Å²) in [5, 5.41) is 0.